The molecule has 2 N–H and O–H groups in total. The first-order chi connectivity index (χ1) is 10.8. The molecule has 0 aliphatic carbocycles. The van der Waals surface area contributed by atoms with E-state index in [1.54, 1.807) is 32.0 Å². The van der Waals surface area contributed by atoms with Crippen LogP contribution in [0.4, 0.5) is 4.39 Å². The first kappa shape index (κ1) is 22.6. The van der Waals surface area contributed by atoms with E-state index < -0.39 is 0 Å². The molecule has 0 aromatic heterocycles. The Kier molecular flexibility index (Phi) is 10.6. The molecule has 0 aliphatic rings. The van der Waals surface area contributed by atoms with Gasteiger partial charge in [-0.1, -0.05) is 12.1 Å². The summed E-state index contributed by atoms with van der Waals surface area (Å²) in [4.78, 5) is 17.5. The molecule has 24 heavy (non-hydrogen) atoms. The molecule has 0 saturated carbocycles. The Labute approximate surface area is 161 Å². The predicted molar refractivity (Wildman–Crippen MR) is 107 cm³/mol. The van der Waals surface area contributed by atoms with Gasteiger partial charge in [-0.05, 0) is 38.0 Å². The Bertz CT molecular complexity index is 564. The van der Waals surface area contributed by atoms with E-state index >= 15 is 0 Å². The number of benzene rings is 1. The minimum Gasteiger partial charge on any atom is -0.357 e. The first-order valence-corrected chi connectivity index (χ1v) is 7.86. The van der Waals surface area contributed by atoms with Gasteiger partial charge in [0, 0.05) is 27.1 Å². The molecule has 1 atom stereocenters. The van der Waals surface area contributed by atoms with E-state index in [0.717, 1.165) is 5.56 Å². The number of hydrogen-bond donors (Lipinski definition) is 2. The number of amides is 1. The summed E-state index contributed by atoms with van der Waals surface area (Å²) in [6.45, 7) is 6.77. The van der Waals surface area contributed by atoms with Gasteiger partial charge < -0.3 is 15.5 Å². The molecule has 1 aromatic carbocycles. The van der Waals surface area contributed by atoms with Crippen LogP contribution in [0.25, 0.3) is 0 Å². The van der Waals surface area contributed by atoms with Crippen LogP contribution in [0.3, 0.4) is 0 Å². The van der Waals surface area contributed by atoms with Crippen molar-refractivity contribution in [3.8, 4) is 0 Å². The highest BCUT2D eigenvalue weighted by Gasteiger charge is 2.10. The van der Waals surface area contributed by atoms with Gasteiger partial charge >= 0.3 is 0 Å². The van der Waals surface area contributed by atoms with Gasteiger partial charge in [0.15, 0.2) is 5.96 Å². The molecular formula is C17H28FIN4O. The highest BCUT2D eigenvalue weighted by atomic mass is 127. The largest absolute Gasteiger partial charge is 0.357 e. The molecule has 0 aliphatic heterocycles. The second-order valence-electron chi connectivity index (χ2n) is 5.67. The van der Waals surface area contributed by atoms with E-state index in [1.165, 1.54) is 6.07 Å². The Hall–Kier alpha value is -1.38. The van der Waals surface area contributed by atoms with Crippen molar-refractivity contribution in [3.05, 3.63) is 35.1 Å². The number of guanidine groups is 1. The lowest BCUT2D eigenvalue weighted by atomic mass is 10.1. The molecule has 0 radical (unpaired) electrons. The molecule has 1 rings (SSSR count). The number of aryl methyl sites for hydroxylation is 1. The van der Waals surface area contributed by atoms with E-state index in [-0.39, 0.29) is 41.7 Å². The highest BCUT2D eigenvalue weighted by Crippen LogP contribution is 2.16. The molecule has 0 fully saturated rings. The number of aliphatic imine (C=N–C) groups is 1. The maximum Gasteiger partial charge on any atom is 0.223 e. The molecular weight excluding hydrogens is 422 g/mol. The number of carbonyl (C=O) groups is 1. The van der Waals surface area contributed by atoms with E-state index in [4.69, 9.17) is 0 Å². The molecule has 0 bridgehead atoms. The summed E-state index contributed by atoms with van der Waals surface area (Å²) >= 11 is 0. The van der Waals surface area contributed by atoms with Crippen LogP contribution < -0.4 is 10.6 Å². The van der Waals surface area contributed by atoms with E-state index in [9.17, 15) is 9.18 Å². The van der Waals surface area contributed by atoms with Gasteiger partial charge in [0.25, 0.3) is 0 Å². The topological polar surface area (TPSA) is 56.7 Å². The SMILES string of the molecule is CCNC(=NCCC(=O)N(C)C)NC(C)c1ccc(C)c(F)c1.I. The Morgan fingerprint density at radius 1 is 1.38 bits per heavy atom. The summed E-state index contributed by atoms with van der Waals surface area (Å²) < 4.78 is 13.7. The molecule has 0 heterocycles. The minimum atomic E-state index is -0.213. The molecule has 1 aromatic rings. The van der Waals surface area contributed by atoms with Crippen molar-refractivity contribution in [2.45, 2.75) is 33.2 Å². The van der Waals surface area contributed by atoms with Crippen molar-refractivity contribution < 1.29 is 9.18 Å². The average Bonchev–Trinajstić information content (AvgIpc) is 2.49. The van der Waals surface area contributed by atoms with Gasteiger partial charge in [0.05, 0.1) is 12.6 Å². The van der Waals surface area contributed by atoms with Gasteiger partial charge in [-0.3, -0.25) is 9.79 Å². The van der Waals surface area contributed by atoms with Crippen LogP contribution in [0.15, 0.2) is 23.2 Å². The molecule has 0 saturated heterocycles. The number of hydrogen-bond acceptors (Lipinski definition) is 2. The summed E-state index contributed by atoms with van der Waals surface area (Å²) in [7, 11) is 3.45. The van der Waals surface area contributed by atoms with Crippen molar-refractivity contribution in [1.29, 1.82) is 0 Å². The fourth-order valence-electron chi connectivity index (χ4n) is 1.97. The van der Waals surface area contributed by atoms with E-state index in [0.29, 0.717) is 31.0 Å². The second-order valence-corrected chi connectivity index (χ2v) is 5.67. The van der Waals surface area contributed by atoms with Gasteiger partial charge in [-0.15, -0.1) is 24.0 Å². The lowest BCUT2D eigenvalue weighted by Gasteiger charge is -2.18. The molecule has 136 valence electrons. The van der Waals surface area contributed by atoms with Crippen molar-refractivity contribution in [1.82, 2.24) is 15.5 Å². The molecule has 5 nitrogen and oxygen atoms in total. The van der Waals surface area contributed by atoms with Crippen molar-refractivity contribution in [2.24, 2.45) is 4.99 Å². The molecule has 1 amide bonds. The quantitative estimate of drug-likeness (QED) is 0.398. The number of halogens is 2. The zero-order valence-electron chi connectivity index (χ0n) is 15.0. The van der Waals surface area contributed by atoms with Crippen LogP contribution in [0.2, 0.25) is 0 Å². The number of nitrogens with zero attached hydrogens (tertiary/aromatic N) is 2. The summed E-state index contributed by atoms with van der Waals surface area (Å²) in [5.74, 6) is 0.445. The fraction of sp³-hybridized carbons (Fsp3) is 0.529. The third-order valence-electron chi connectivity index (χ3n) is 3.49. The zero-order valence-corrected chi connectivity index (χ0v) is 17.3. The molecule has 1 unspecified atom stereocenters. The van der Waals surface area contributed by atoms with Gasteiger partial charge in [0.1, 0.15) is 5.82 Å². The lowest BCUT2D eigenvalue weighted by Crippen LogP contribution is -2.39. The monoisotopic (exact) mass is 450 g/mol. The van der Waals surface area contributed by atoms with Crippen LogP contribution >= 0.6 is 24.0 Å². The Morgan fingerprint density at radius 2 is 2.04 bits per heavy atom. The van der Waals surface area contributed by atoms with Crippen molar-refractivity contribution in [3.63, 3.8) is 0 Å². The Balaban J connectivity index is 0.00000529. The third kappa shape index (κ3) is 7.46. The van der Waals surface area contributed by atoms with Gasteiger partial charge in [-0.2, -0.15) is 0 Å². The minimum absolute atomic E-state index is 0. The Morgan fingerprint density at radius 3 is 2.58 bits per heavy atom. The summed E-state index contributed by atoms with van der Waals surface area (Å²) in [5.41, 5.74) is 1.48. The normalized spacial score (nSPS) is 12.2. The number of carbonyl (C=O) groups excluding carboxylic acids is 1. The second kappa shape index (κ2) is 11.2. The van der Waals surface area contributed by atoms with Crippen LogP contribution in [0.5, 0.6) is 0 Å². The smallest absolute Gasteiger partial charge is 0.223 e. The number of nitrogens with one attached hydrogen (secondary N) is 2. The van der Waals surface area contributed by atoms with Crippen LogP contribution in [0, 0.1) is 12.7 Å². The van der Waals surface area contributed by atoms with E-state index in [2.05, 4.69) is 15.6 Å². The summed E-state index contributed by atoms with van der Waals surface area (Å²) in [6.07, 6.45) is 0.358. The summed E-state index contributed by atoms with van der Waals surface area (Å²) in [6, 6.07) is 5.11. The standard InChI is InChI=1S/C17H27FN4O.HI/c1-6-19-17(20-10-9-16(23)22(4)5)21-13(3)14-8-7-12(2)15(18)11-14;/h7-8,11,13H,6,9-10H2,1-5H3,(H2,19,20,21);1H. The zero-order chi connectivity index (χ0) is 17.4. The average molecular weight is 450 g/mol. The maximum absolute atomic E-state index is 13.7. The fourth-order valence-corrected chi connectivity index (χ4v) is 1.97. The maximum atomic E-state index is 13.7. The van der Waals surface area contributed by atoms with Crippen molar-refractivity contribution in [2.75, 3.05) is 27.2 Å². The summed E-state index contributed by atoms with van der Waals surface area (Å²) in [5, 5.41) is 6.36. The molecule has 0 spiro atoms. The van der Waals surface area contributed by atoms with Crippen LogP contribution in [0.1, 0.15) is 37.4 Å². The van der Waals surface area contributed by atoms with E-state index in [1.807, 2.05) is 19.9 Å². The number of rotatable bonds is 6. The van der Waals surface area contributed by atoms with Gasteiger partial charge in [-0.25, -0.2) is 4.39 Å². The highest BCUT2D eigenvalue weighted by molar-refractivity contribution is 14.0. The predicted octanol–water partition coefficient (Wildman–Crippen LogP) is 2.85. The third-order valence-corrected chi connectivity index (χ3v) is 3.49. The van der Waals surface area contributed by atoms with Crippen LogP contribution in [-0.4, -0.2) is 44.0 Å². The molecule has 7 heteroatoms. The first-order valence-electron chi connectivity index (χ1n) is 7.86. The van der Waals surface area contributed by atoms with Gasteiger partial charge in [0.2, 0.25) is 5.91 Å². The van der Waals surface area contributed by atoms with Crippen molar-refractivity contribution >= 4 is 35.8 Å². The lowest BCUT2D eigenvalue weighted by molar-refractivity contribution is -0.128. The van der Waals surface area contributed by atoms with Crippen LogP contribution in [-0.2, 0) is 4.79 Å².